The van der Waals surface area contributed by atoms with Gasteiger partial charge in [0.05, 0.1) is 23.8 Å². The van der Waals surface area contributed by atoms with E-state index >= 15 is 0 Å². The molecule has 2 aliphatic carbocycles. The van der Waals surface area contributed by atoms with Gasteiger partial charge >= 0.3 is 5.97 Å². The highest BCUT2D eigenvalue weighted by molar-refractivity contribution is 6.01. The maximum absolute atomic E-state index is 13.4. The molecule has 9 nitrogen and oxygen atoms in total. The topological polar surface area (TPSA) is 119 Å². The van der Waals surface area contributed by atoms with Crippen LogP contribution in [0.15, 0.2) is 42.5 Å². The molecule has 3 N–H and O–H groups in total. The highest BCUT2D eigenvalue weighted by atomic mass is 19.1. The lowest BCUT2D eigenvalue weighted by Gasteiger charge is -2.37. The van der Waals surface area contributed by atoms with Gasteiger partial charge in [-0.1, -0.05) is 12.1 Å². The van der Waals surface area contributed by atoms with Crippen molar-refractivity contribution in [2.45, 2.75) is 38.1 Å². The van der Waals surface area contributed by atoms with Crippen molar-refractivity contribution in [1.29, 1.82) is 0 Å². The van der Waals surface area contributed by atoms with Gasteiger partial charge in [0.1, 0.15) is 5.82 Å². The van der Waals surface area contributed by atoms with Gasteiger partial charge in [0.15, 0.2) is 0 Å². The lowest BCUT2D eigenvalue weighted by molar-refractivity contribution is -0.137. The van der Waals surface area contributed by atoms with Crippen LogP contribution in [0.25, 0.3) is 0 Å². The maximum Gasteiger partial charge on any atom is 0.305 e. The van der Waals surface area contributed by atoms with Gasteiger partial charge in [0.25, 0.3) is 5.91 Å². The summed E-state index contributed by atoms with van der Waals surface area (Å²) in [7, 11) is 0. The number of rotatable bonds is 9. The van der Waals surface area contributed by atoms with Gasteiger partial charge in [-0.2, -0.15) is 0 Å². The third-order valence-electron chi connectivity index (χ3n) is 7.28. The zero-order chi connectivity index (χ0) is 26.8. The highest BCUT2D eigenvalue weighted by Crippen LogP contribution is 2.35. The van der Waals surface area contributed by atoms with Crippen LogP contribution in [0.1, 0.15) is 54.1 Å². The fourth-order valence-electron chi connectivity index (χ4n) is 4.75. The average Bonchev–Trinajstić information content (AvgIpc) is 3.81. The predicted molar refractivity (Wildman–Crippen MR) is 138 cm³/mol. The minimum Gasteiger partial charge on any atom is -0.481 e. The van der Waals surface area contributed by atoms with Gasteiger partial charge in [-0.15, -0.1) is 0 Å². The van der Waals surface area contributed by atoms with Crippen LogP contribution in [0.2, 0.25) is 0 Å². The van der Waals surface area contributed by atoms with Gasteiger partial charge in [-0.25, -0.2) is 4.39 Å². The average molecular weight is 523 g/mol. The first kappa shape index (κ1) is 25.7. The minimum absolute atomic E-state index is 0.0354. The second-order valence-corrected chi connectivity index (χ2v) is 10.3. The number of amides is 3. The standard InChI is InChI=1S/C28H31FN4O5/c29-21-8-5-17(6-9-21)22(16-25(34)35)30-27(37)20-7-10-24(23(15-20)31-26(36)18-1-2-18)32-11-13-33(14-12-32)28(38)19-3-4-19/h5-10,15,18-19,22H,1-4,11-14,16H2,(H,30,37)(H,31,36)(H,34,35). The number of hydrogen-bond acceptors (Lipinski definition) is 5. The van der Waals surface area contributed by atoms with Crippen molar-refractivity contribution in [1.82, 2.24) is 10.2 Å². The smallest absolute Gasteiger partial charge is 0.305 e. The molecule has 1 aliphatic heterocycles. The number of hydrogen-bond donors (Lipinski definition) is 3. The summed E-state index contributed by atoms with van der Waals surface area (Å²) in [5.74, 6) is -1.81. The fourth-order valence-corrected chi connectivity index (χ4v) is 4.75. The van der Waals surface area contributed by atoms with Crippen molar-refractivity contribution in [3.05, 3.63) is 59.4 Å². The van der Waals surface area contributed by atoms with E-state index in [0.717, 1.165) is 31.4 Å². The lowest BCUT2D eigenvalue weighted by Crippen LogP contribution is -2.49. The molecule has 2 saturated carbocycles. The Kier molecular flexibility index (Phi) is 7.31. The first-order chi connectivity index (χ1) is 18.3. The molecule has 3 aliphatic rings. The number of nitrogens with zero attached hydrogens (tertiary/aromatic N) is 2. The fraction of sp³-hybridized carbons (Fsp3) is 0.429. The van der Waals surface area contributed by atoms with Crippen molar-refractivity contribution < 1.29 is 28.7 Å². The molecule has 0 aromatic heterocycles. The second kappa shape index (κ2) is 10.8. The number of piperazine rings is 1. The van der Waals surface area contributed by atoms with E-state index in [2.05, 4.69) is 15.5 Å². The van der Waals surface area contributed by atoms with Crippen molar-refractivity contribution >= 4 is 35.1 Å². The van der Waals surface area contributed by atoms with Crippen LogP contribution in [0, 0.1) is 17.7 Å². The maximum atomic E-state index is 13.4. The Bertz CT molecular complexity index is 1230. The van der Waals surface area contributed by atoms with Gasteiger partial charge < -0.3 is 25.5 Å². The minimum atomic E-state index is -1.10. The number of nitrogens with one attached hydrogen (secondary N) is 2. The van der Waals surface area contributed by atoms with Gasteiger partial charge in [-0.05, 0) is 61.6 Å². The van der Waals surface area contributed by atoms with Crippen molar-refractivity contribution in [2.75, 3.05) is 36.4 Å². The number of carbonyl (C=O) groups excluding carboxylic acids is 3. The first-order valence-corrected chi connectivity index (χ1v) is 13.1. The SMILES string of the molecule is O=C(O)CC(NC(=O)c1ccc(N2CCN(C(=O)C3CC3)CC2)c(NC(=O)C2CC2)c1)c1ccc(F)cc1. The summed E-state index contributed by atoms with van der Waals surface area (Å²) in [5.41, 5.74) is 2.02. The van der Waals surface area contributed by atoms with Crippen LogP contribution in [-0.4, -0.2) is 59.9 Å². The number of carboxylic acid groups (broad SMARTS) is 1. The van der Waals surface area contributed by atoms with Crippen LogP contribution in [-0.2, 0) is 14.4 Å². The zero-order valence-corrected chi connectivity index (χ0v) is 21.0. The molecule has 3 fully saturated rings. The van der Waals surface area contributed by atoms with Crippen LogP contribution < -0.4 is 15.5 Å². The Morgan fingerprint density at radius 1 is 0.921 bits per heavy atom. The number of aliphatic carboxylic acids is 1. The summed E-state index contributed by atoms with van der Waals surface area (Å²) in [6.45, 7) is 2.42. The quantitative estimate of drug-likeness (QED) is 0.466. The first-order valence-electron chi connectivity index (χ1n) is 13.1. The number of carbonyl (C=O) groups is 4. The molecular weight excluding hydrogens is 491 g/mol. The molecular formula is C28H31FN4O5. The Balaban J connectivity index is 1.34. The van der Waals surface area contributed by atoms with E-state index in [1.165, 1.54) is 24.3 Å². The molecule has 1 atom stereocenters. The van der Waals surface area contributed by atoms with E-state index in [1.807, 2.05) is 4.90 Å². The van der Waals surface area contributed by atoms with E-state index in [-0.39, 0.29) is 35.6 Å². The number of carboxylic acids is 1. The summed E-state index contributed by atoms with van der Waals surface area (Å²) in [4.78, 5) is 53.7. The molecule has 0 radical (unpaired) electrons. The third kappa shape index (κ3) is 6.12. The van der Waals surface area contributed by atoms with Crippen LogP contribution in [0.4, 0.5) is 15.8 Å². The third-order valence-corrected chi connectivity index (χ3v) is 7.28. The van der Waals surface area contributed by atoms with Crippen LogP contribution >= 0.6 is 0 Å². The molecule has 5 rings (SSSR count). The molecule has 200 valence electrons. The summed E-state index contributed by atoms with van der Waals surface area (Å²) >= 11 is 0. The molecule has 38 heavy (non-hydrogen) atoms. The van der Waals surface area contributed by atoms with Gasteiger partial charge in [-0.3, -0.25) is 19.2 Å². The van der Waals surface area contributed by atoms with E-state index in [9.17, 15) is 28.7 Å². The van der Waals surface area contributed by atoms with Crippen molar-refractivity contribution in [3.63, 3.8) is 0 Å². The lowest BCUT2D eigenvalue weighted by atomic mass is 10.0. The number of halogens is 1. The van der Waals surface area contributed by atoms with Crippen molar-refractivity contribution in [3.8, 4) is 0 Å². The summed E-state index contributed by atoms with van der Waals surface area (Å²) in [6.07, 6.45) is 3.23. The molecule has 1 unspecified atom stereocenters. The monoisotopic (exact) mass is 522 g/mol. The molecule has 3 amide bonds. The summed E-state index contributed by atoms with van der Waals surface area (Å²) in [5, 5.41) is 15.1. The summed E-state index contributed by atoms with van der Waals surface area (Å²) < 4.78 is 13.4. The molecule has 1 saturated heterocycles. The molecule has 2 aromatic carbocycles. The molecule has 1 heterocycles. The summed E-state index contributed by atoms with van der Waals surface area (Å²) in [6, 6.07) is 9.49. The van der Waals surface area contributed by atoms with E-state index in [0.29, 0.717) is 37.4 Å². The Morgan fingerprint density at radius 3 is 2.18 bits per heavy atom. The van der Waals surface area contributed by atoms with E-state index < -0.39 is 23.7 Å². The Morgan fingerprint density at radius 2 is 1.58 bits per heavy atom. The second-order valence-electron chi connectivity index (χ2n) is 10.3. The van der Waals surface area contributed by atoms with Gasteiger partial charge in [0.2, 0.25) is 11.8 Å². The Labute approximate surface area is 220 Å². The van der Waals surface area contributed by atoms with Crippen LogP contribution in [0.3, 0.4) is 0 Å². The highest BCUT2D eigenvalue weighted by Gasteiger charge is 2.35. The van der Waals surface area contributed by atoms with Crippen LogP contribution in [0.5, 0.6) is 0 Å². The molecule has 0 bridgehead atoms. The zero-order valence-electron chi connectivity index (χ0n) is 21.0. The molecule has 10 heteroatoms. The number of anilines is 2. The Hall–Kier alpha value is -3.95. The van der Waals surface area contributed by atoms with Crippen molar-refractivity contribution in [2.24, 2.45) is 11.8 Å². The largest absolute Gasteiger partial charge is 0.481 e. The molecule has 0 spiro atoms. The predicted octanol–water partition coefficient (Wildman–Crippen LogP) is 3.18. The van der Waals surface area contributed by atoms with E-state index in [1.54, 1.807) is 18.2 Å². The van der Waals surface area contributed by atoms with E-state index in [4.69, 9.17) is 0 Å². The normalized spacial score (nSPS) is 18.0. The number of benzene rings is 2. The van der Waals surface area contributed by atoms with Gasteiger partial charge in [0, 0.05) is 43.6 Å². The molecule has 2 aromatic rings.